The molecule has 0 saturated heterocycles. The lowest BCUT2D eigenvalue weighted by Gasteiger charge is -2.11. The molecule has 2 heterocycles. The van der Waals surface area contributed by atoms with E-state index >= 15 is 0 Å². The van der Waals surface area contributed by atoms with Gasteiger partial charge in [0.15, 0.2) is 0 Å². The zero-order valence-electron chi connectivity index (χ0n) is 16.5. The highest BCUT2D eigenvalue weighted by Crippen LogP contribution is 2.17. The maximum Gasteiger partial charge on any atom is 0.255 e. The molecule has 0 unspecified atom stereocenters. The van der Waals surface area contributed by atoms with Crippen LogP contribution in [0.3, 0.4) is 0 Å². The van der Waals surface area contributed by atoms with Crippen molar-refractivity contribution in [1.29, 1.82) is 0 Å². The van der Waals surface area contributed by atoms with E-state index in [-0.39, 0.29) is 5.91 Å². The molecule has 0 aliphatic rings. The highest BCUT2D eigenvalue weighted by molar-refractivity contribution is 5.96. The van der Waals surface area contributed by atoms with E-state index in [1.54, 1.807) is 10.9 Å². The Labute approximate surface area is 169 Å². The van der Waals surface area contributed by atoms with Gasteiger partial charge in [0.1, 0.15) is 0 Å². The molecule has 0 atom stereocenters. The van der Waals surface area contributed by atoms with E-state index in [9.17, 15) is 4.79 Å². The van der Waals surface area contributed by atoms with E-state index in [4.69, 9.17) is 0 Å². The summed E-state index contributed by atoms with van der Waals surface area (Å²) >= 11 is 0. The van der Waals surface area contributed by atoms with E-state index in [0.29, 0.717) is 18.7 Å². The van der Waals surface area contributed by atoms with Crippen LogP contribution in [0.2, 0.25) is 0 Å². The number of carbonyl (C=O) groups is 1. The van der Waals surface area contributed by atoms with Gasteiger partial charge in [0.25, 0.3) is 5.91 Å². The Bertz CT molecular complexity index is 1110. The molecule has 0 radical (unpaired) electrons. The van der Waals surface area contributed by atoms with Gasteiger partial charge >= 0.3 is 0 Å². The maximum atomic E-state index is 12.9. The molecule has 4 aromatic rings. The highest BCUT2D eigenvalue weighted by Gasteiger charge is 2.19. The first kappa shape index (κ1) is 18.7. The summed E-state index contributed by atoms with van der Waals surface area (Å²) in [5.41, 5.74) is 5.33. The number of benzene rings is 2. The Morgan fingerprint density at radius 3 is 2.52 bits per heavy atom. The topological polar surface area (TPSA) is 64.7 Å². The normalized spacial score (nSPS) is 10.8. The minimum absolute atomic E-state index is 0.116. The van der Waals surface area contributed by atoms with E-state index < -0.39 is 0 Å². The lowest BCUT2D eigenvalue weighted by molar-refractivity contribution is 0.0949. The lowest BCUT2D eigenvalue weighted by Crippen LogP contribution is -2.24. The van der Waals surface area contributed by atoms with E-state index in [2.05, 4.69) is 27.6 Å². The van der Waals surface area contributed by atoms with Crippen LogP contribution >= 0.6 is 0 Å². The second kappa shape index (κ2) is 8.14. The van der Waals surface area contributed by atoms with Crippen molar-refractivity contribution in [3.8, 4) is 5.69 Å². The van der Waals surface area contributed by atoms with Crippen LogP contribution in [0.5, 0.6) is 0 Å². The van der Waals surface area contributed by atoms with E-state index in [1.165, 1.54) is 0 Å². The van der Waals surface area contributed by atoms with Gasteiger partial charge in [-0.15, -0.1) is 0 Å². The number of aromatic nitrogens is 4. The van der Waals surface area contributed by atoms with Gasteiger partial charge in [-0.3, -0.25) is 9.48 Å². The summed E-state index contributed by atoms with van der Waals surface area (Å²) in [6.07, 6.45) is 3.63. The van der Waals surface area contributed by atoms with Crippen molar-refractivity contribution >= 4 is 5.91 Å². The fourth-order valence-corrected chi connectivity index (χ4v) is 3.49. The molecule has 0 aliphatic heterocycles. The van der Waals surface area contributed by atoms with Crippen LogP contribution in [-0.4, -0.2) is 25.5 Å². The number of nitrogens with one attached hydrogen (secondary N) is 1. The third-order valence-corrected chi connectivity index (χ3v) is 4.97. The van der Waals surface area contributed by atoms with E-state index in [0.717, 1.165) is 28.2 Å². The fraction of sp³-hybridized carbons (Fsp3) is 0.174. The SMILES string of the molecule is Cc1nn(Cc2ccccc2)c(C)c1C(=O)NCc1ccccc1-n1cccn1. The number of rotatable bonds is 6. The van der Waals surface area contributed by atoms with Crippen molar-refractivity contribution in [2.24, 2.45) is 0 Å². The van der Waals surface area contributed by atoms with Gasteiger partial charge in [-0.1, -0.05) is 48.5 Å². The van der Waals surface area contributed by atoms with Gasteiger partial charge in [0, 0.05) is 24.6 Å². The molecule has 29 heavy (non-hydrogen) atoms. The predicted octanol–water partition coefficient (Wildman–Crippen LogP) is 3.66. The Kier molecular flexibility index (Phi) is 5.24. The number of hydrogen-bond donors (Lipinski definition) is 1. The monoisotopic (exact) mass is 385 g/mol. The zero-order valence-corrected chi connectivity index (χ0v) is 16.5. The molecule has 4 rings (SSSR count). The van der Waals surface area contributed by atoms with Gasteiger partial charge in [-0.2, -0.15) is 10.2 Å². The molecule has 0 fully saturated rings. The molecular formula is C23H23N5O. The number of amides is 1. The molecule has 0 bridgehead atoms. The summed E-state index contributed by atoms with van der Waals surface area (Å²) in [4.78, 5) is 12.9. The molecule has 2 aromatic carbocycles. The molecule has 0 spiro atoms. The summed E-state index contributed by atoms with van der Waals surface area (Å²) in [6, 6.07) is 19.9. The fourth-order valence-electron chi connectivity index (χ4n) is 3.49. The predicted molar refractivity (Wildman–Crippen MR) is 112 cm³/mol. The van der Waals surface area contributed by atoms with Gasteiger partial charge < -0.3 is 5.32 Å². The van der Waals surface area contributed by atoms with Crippen molar-refractivity contribution < 1.29 is 4.79 Å². The average molecular weight is 385 g/mol. The molecule has 2 aromatic heterocycles. The summed E-state index contributed by atoms with van der Waals surface area (Å²) < 4.78 is 3.69. The molecule has 6 nitrogen and oxygen atoms in total. The smallest absolute Gasteiger partial charge is 0.255 e. The third-order valence-electron chi connectivity index (χ3n) is 4.97. The minimum Gasteiger partial charge on any atom is -0.348 e. The second-order valence-corrected chi connectivity index (χ2v) is 6.95. The van der Waals surface area contributed by atoms with Gasteiger partial charge in [-0.25, -0.2) is 4.68 Å². The molecule has 0 aliphatic carbocycles. The van der Waals surface area contributed by atoms with Crippen molar-refractivity contribution in [3.63, 3.8) is 0 Å². The highest BCUT2D eigenvalue weighted by atomic mass is 16.1. The summed E-state index contributed by atoms with van der Waals surface area (Å²) in [6.45, 7) is 4.87. The molecule has 6 heteroatoms. The Morgan fingerprint density at radius 1 is 1.00 bits per heavy atom. The maximum absolute atomic E-state index is 12.9. The molecular weight excluding hydrogens is 362 g/mol. The standard InChI is InChI=1S/C23H23N5O/c1-17-22(18(2)28(26-17)16-19-9-4-3-5-10-19)23(29)24-15-20-11-6-7-12-21(20)27-14-8-13-25-27/h3-14H,15-16H2,1-2H3,(H,24,29). The van der Waals surface area contributed by atoms with Crippen LogP contribution in [0.25, 0.3) is 5.69 Å². The summed E-state index contributed by atoms with van der Waals surface area (Å²) in [7, 11) is 0. The van der Waals surface area contributed by atoms with Crippen LogP contribution in [0.4, 0.5) is 0 Å². The number of hydrogen-bond acceptors (Lipinski definition) is 3. The van der Waals surface area contributed by atoms with Crippen LogP contribution in [0, 0.1) is 13.8 Å². The second-order valence-electron chi connectivity index (χ2n) is 6.95. The van der Waals surface area contributed by atoms with Crippen LogP contribution in [0.1, 0.15) is 32.9 Å². The Morgan fingerprint density at radius 2 is 1.76 bits per heavy atom. The van der Waals surface area contributed by atoms with Gasteiger partial charge in [-0.05, 0) is 37.1 Å². The molecule has 1 amide bonds. The van der Waals surface area contributed by atoms with Crippen LogP contribution in [-0.2, 0) is 13.1 Å². The first-order valence-corrected chi connectivity index (χ1v) is 9.57. The average Bonchev–Trinajstić information content (AvgIpc) is 3.36. The molecule has 1 N–H and O–H groups in total. The quantitative estimate of drug-likeness (QED) is 0.551. The number of para-hydroxylation sites is 1. The Balaban J connectivity index is 1.52. The van der Waals surface area contributed by atoms with Crippen molar-refractivity contribution in [2.75, 3.05) is 0 Å². The van der Waals surface area contributed by atoms with Gasteiger partial charge in [0.05, 0.1) is 23.5 Å². The first-order chi connectivity index (χ1) is 14.1. The largest absolute Gasteiger partial charge is 0.348 e. The number of nitrogens with zero attached hydrogens (tertiary/aromatic N) is 4. The van der Waals surface area contributed by atoms with Crippen molar-refractivity contribution in [3.05, 3.63) is 101 Å². The van der Waals surface area contributed by atoms with Gasteiger partial charge in [0.2, 0.25) is 0 Å². The number of carbonyl (C=O) groups excluding carboxylic acids is 1. The van der Waals surface area contributed by atoms with Crippen molar-refractivity contribution in [1.82, 2.24) is 24.9 Å². The molecule has 146 valence electrons. The van der Waals surface area contributed by atoms with Crippen LogP contribution < -0.4 is 5.32 Å². The molecule has 0 saturated carbocycles. The first-order valence-electron chi connectivity index (χ1n) is 9.57. The number of aryl methyl sites for hydroxylation is 1. The van der Waals surface area contributed by atoms with E-state index in [1.807, 2.05) is 73.3 Å². The zero-order chi connectivity index (χ0) is 20.2. The van der Waals surface area contributed by atoms with Crippen molar-refractivity contribution in [2.45, 2.75) is 26.9 Å². The van der Waals surface area contributed by atoms with Crippen LogP contribution in [0.15, 0.2) is 73.1 Å². The Hall–Kier alpha value is -3.67. The third kappa shape index (κ3) is 3.96. The minimum atomic E-state index is -0.116. The lowest BCUT2D eigenvalue weighted by atomic mass is 10.1. The summed E-state index contributed by atoms with van der Waals surface area (Å²) in [5.74, 6) is -0.116. The summed E-state index contributed by atoms with van der Waals surface area (Å²) in [5, 5.41) is 11.9.